The Hall–Kier alpha value is -1.40. The van der Waals surface area contributed by atoms with E-state index in [0.29, 0.717) is 24.4 Å². The molecule has 0 bridgehead atoms. The van der Waals surface area contributed by atoms with E-state index in [-0.39, 0.29) is 0 Å². The van der Waals surface area contributed by atoms with Crippen LogP contribution in [0.1, 0.15) is 12.8 Å². The van der Waals surface area contributed by atoms with E-state index in [4.69, 9.17) is 16.2 Å². The summed E-state index contributed by atoms with van der Waals surface area (Å²) in [5.41, 5.74) is 8.42. The third-order valence-electron chi connectivity index (χ3n) is 2.57. The minimum absolute atomic E-state index is 0.302. The number of hydrogen-bond donors (Lipinski definition) is 4. The molecule has 0 saturated heterocycles. The van der Waals surface area contributed by atoms with Gasteiger partial charge in [0.15, 0.2) is 0 Å². The summed E-state index contributed by atoms with van der Waals surface area (Å²) in [5, 5.41) is 19.0. The van der Waals surface area contributed by atoms with E-state index in [1.807, 2.05) is 0 Å². The lowest BCUT2D eigenvalue weighted by Gasteiger charge is -2.24. The molecule has 6 N–H and O–H groups in total. The van der Waals surface area contributed by atoms with Crippen molar-refractivity contribution < 1.29 is 14.9 Å². The standard InChI is InChI=1S/C12H16N2O3/c13-11(15)5-1-9(2-6-11)17-10-3-7-12(14,16)8-4-10/h1-5,7,15-16H,6,8,13-14H2. The highest BCUT2D eigenvalue weighted by Gasteiger charge is 2.22. The highest BCUT2D eigenvalue weighted by atomic mass is 16.5. The Kier molecular flexibility index (Phi) is 2.92. The van der Waals surface area contributed by atoms with E-state index >= 15 is 0 Å². The fraction of sp³-hybridized carbons (Fsp3) is 0.333. The molecule has 0 aromatic heterocycles. The molecule has 17 heavy (non-hydrogen) atoms. The molecular formula is C12H16N2O3. The molecule has 0 aromatic rings. The average Bonchev–Trinajstić information content (AvgIpc) is 2.24. The Bertz CT molecular complexity index is 391. The summed E-state index contributed by atoms with van der Waals surface area (Å²) in [5.74, 6) is 1.22. The molecule has 0 saturated carbocycles. The van der Waals surface area contributed by atoms with Gasteiger partial charge < -0.3 is 26.4 Å². The first-order valence-electron chi connectivity index (χ1n) is 5.36. The molecule has 0 heterocycles. The van der Waals surface area contributed by atoms with Crippen LogP contribution in [-0.2, 0) is 4.74 Å². The predicted octanol–water partition coefficient (Wildman–Crippen LogP) is -0.0148. The van der Waals surface area contributed by atoms with Gasteiger partial charge in [-0.3, -0.25) is 0 Å². The molecule has 0 spiro atoms. The summed E-state index contributed by atoms with van der Waals surface area (Å²) in [4.78, 5) is 0. The van der Waals surface area contributed by atoms with Crippen LogP contribution < -0.4 is 11.5 Å². The van der Waals surface area contributed by atoms with Gasteiger partial charge in [-0.05, 0) is 36.5 Å². The second kappa shape index (κ2) is 4.12. The summed E-state index contributed by atoms with van der Waals surface area (Å²) < 4.78 is 5.53. The van der Waals surface area contributed by atoms with Crippen molar-refractivity contribution in [2.75, 3.05) is 0 Å². The maximum Gasteiger partial charge on any atom is 0.136 e. The maximum absolute atomic E-state index is 9.48. The van der Waals surface area contributed by atoms with Crippen molar-refractivity contribution in [3.05, 3.63) is 48.0 Å². The number of aliphatic hydroxyl groups is 2. The van der Waals surface area contributed by atoms with E-state index in [9.17, 15) is 10.2 Å². The van der Waals surface area contributed by atoms with Gasteiger partial charge in [0.05, 0.1) is 0 Å². The summed E-state index contributed by atoms with van der Waals surface area (Å²) in [6.07, 6.45) is 10.2. The van der Waals surface area contributed by atoms with Crippen molar-refractivity contribution in [1.82, 2.24) is 0 Å². The van der Waals surface area contributed by atoms with Gasteiger partial charge in [-0.15, -0.1) is 0 Å². The van der Waals surface area contributed by atoms with Crippen molar-refractivity contribution in [1.29, 1.82) is 0 Å². The minimum Gasteiger partial charge on any atom is -0.458 e. The summed E-state index contributed by atoms with van der Waals surface area (Å²) in [6.45, 7) is 0. The van der Waals surface area contributed by atoms with Crippen LogP contribution in [0, 0.1) is 0 Å². The average molecular weight is 236 g/mol. The van der Waals surface area contributed by atoms with Gasteiger partial charge in [0.2, 0.25) is 0 Å². The molecule has 92 valence electrons. The monoisotopic (exact) mass is 236 g/mol. The normalized spacial score (nSPS) is 36.5. The molecule has 2 aliphatic rings. The molecule has 5 nitrogen and oxygen atoms in total. The molecule has 2 unspecified atom stereocenters. The van der Waals surface area contributed by atoms with Crippen molar-refractivity contribution in [3.63, 3.8) is 0 Å². The Morgan fingerprint density at radius 3 is 1.65 bits per heavy atom. The van der Waals surface area contributed by atoms with Crippen molar-refractivity contribution in [3.8, 4) is 0 Å². The molecule has 2 rings (SSSR count). The van der Waals surface area contributed by atoms with Gasteiger partial charge in [-0.2, -0.15) is 0 Å². The third kappa shape index (κ3) is 3.28. The van der Waals surface area contributed by atoms with Crippen molar-refractivity contribution in [2.24, 2.45) is 11.5 Å². The predicted molar refractivity (Wildman–Crippen MR) is 63.0 cm³/mol. The molecule has 0 amide bonds. The maximum atomic E-state index is 9.48. The number of rotatable bonds is 2. The van der Waals surface area contributed by atoms with Crippen molar-refractivity contribution >= 4 is 0 Å². The van der Waals surface area contributed by atoms with Crippen LogP contribution in [0.15, 0.2) is 48.0 Å². The molecule has 2 atom stereocenters. The van der Waals surface area contributed by atoms with Crippen LogP contribution in [0.5, 0.6) is 0 Å². The topological polar surface area (TPSA) is 102 Å². The zero-order valence-corrected chi connectivity index (χ0v) is 9.34. The van der Waals surface area contributed by atoms with Crippen LogP contribution in [0.2, 0.25) is 0 Å². The summed E-state index contributed by atoms with van der Waals surface area (Å²) in [7, 11) is 0. The third-order valence-corrected chi connectivity index (χ3v) is 2.57. The second-order valence-electron chi connectivity index (χ2n) is 4.37. The largest absolute Gasteiger partial charge is 0.458 e. The molecule has 5 heteroatoms. The van der Waals surface area contributed by atoms with Gasteiger partial charge >= 0.3 is 0 Å². The van der Waals surface area contributed by atoms with E-state index in [0.717, 1.165) is 0 Å². The Balaban J connectivity index is 1.97. The first-order chi connectivity index (χ1) is 7.86. The lowest BCUT2D eigenvalue weighted by molar-refractivity contribution is 0.0955. The lowest BCUT2D eigenvalue weighted by Crippen LogP contribution is -2.38. The summed E-state index contributed by atoms with van der Waals surface area (Å²) in [6, 6.07) is 0. The number of allylic oxidation sites excluding steroid dienone is 2. The van der Waals surface area contributed by atoms with Crippen LogP contribution in [0.3, 0.4) is 0 Å². The van der Waals surface area contributed by atoms with Crippen LogP contribution in [0.4, 0.5) is 0 Å². The van der Waals surface area contributed by atoms with Crippen molar-refractivity contribution in [2.45, 2.75) is 24.3 Å². The highest BCUT2D eigenvalue weighted by molar-refractivity contribution is 5.28. The molecule has 0 radical (unpaired) electrons. The number of nitrogens with two attached hydrogens (primary N) is 2. The fourth-order valence-corrected chi connectivity index (χ4v) is 1.54. The van der Waals surface area contributed by atoms with Gasteiger partial charge in [-0.1, -0.05) is 0 Å². The molecule has 0 aliphatic heterocycles. The van der Waals surface area contributed by atoms with Gasteiger partial charge in [0.25, 0.3) is 0 Å². The first-order valence-corrected chi connectivity index (χ1v) is 5.36. The van der Waals surface area contributed by atoms with E-state index in [1.54, 1.807) is 24.3 Å². The zero-order chi connectivity index (χ0) is 12.5. The zero-order valence-electron chi connectivity index (χ0n) is 9.34. The highest BCUT2D eigenvalue weighted by Crippen LogP contribution is 2.23. The summed E-state index contributed by atoms with van der Waals surface area (Å²) >= 11 is 0. The molecule has 0 fully saturated rings. The molecule has 2 aliphatic carbocycles. The van der Waals surface area contributed by atoms with Gasteiger partial charge in [-0.25, -0.2) is 0 Å². The lowest BCUT2D eigenvalue weighted by atomic mass is 10.0. The van der Waals surface area contributed by atoms with Gasteiger partial charge in [0.1, 0.15) is 23.0 Å². The molecular weight excluding hydrogens is 220 g/mol. The van der Waals surface area contributed by atoms with Gasteiger partial charge in [0, 0.05) is 12.8 Å². The van der Waals surface area contributed by atoms with Crippen LogP contribution >= 0.6 is 0 Å². The number of ether oxygens (including phenoxy) is 1. The van der Waals surface area contributed by atoms with E-state index in [2.05, 4.69) is 0 Å². The Labute approximate surface area is 99.4 Å². The SMILES string of the molecule is NC1(O)C=CC(OC2=CCC(N)(O)C=C2)=CC1. The van der Waals surface area contributed by atoms with E-state index in [1.165, 1.54) is 12.2 Å². The second-order valence-corrected chi connectivity index (χ2v) is 4.37. The van der Waals surface area contributed by atoms with Crippen LogP contribution in [-0.4, -0.2) is 21.7 Å². The quantitative estimate of drug-likeness (QED) is 0.505. The Morgan fingerprint density at radius 2 is 1.35 bits per heavy atom. The fourth-order valence-electron chi connectivity index (χ4n) is 1.54. The van der Waals surface area contributed by atoms with Crippen LogP contribution in [0.25, 0.3) is 0 Å². The molecule has 0 aromatic carbocycles. The first kappa shape index (κ1) is 12.1. The minimum atomic E-state index is -1.29. The number of hydrogen-bond acceptors (Lipinski definition) is 5. The van der Waals surface area contributed by atoms with E-state index < -0.39 is 11.4 Å². The Morgan fingerprint density at radius 1 is 0.941 bits per heavy atom. The smallest absolute Gasteiger partial charge is 0.136 e.